The van der Waals surface area contributed by atoms with Crippen LogP contribution in [0.15, 0.2) is 11.4 Å². The number of hydrogen-bond donors (Lipinski definition) is 0. The van der Waals surface area contributed by atoms with Crippen molar-refractivity contribution in [1.29, 1.82) is 0 Å². The zero-order valence-electron chi connectivity index (χ0n) is 13.1. The number of carbonyl (C=O) groups excluding carboxylic acids is 1. The van der Waals surface area contributed by atoms with Crippen LogP contribution in [-0.4, -0.2) is 68.3 Å². The fourth-order valence-corrected chi connectivity index (χ4v) is 4.14. The van der Waals surface area contributed by atoms with Gasteiger partial charge < -0.3 is 9.47 Å². The van der Waals surface area contributed by atoms with E-state index in [4.69, 9.17) is 9.47 Å². The van der Waals surface area contributed by atoms with Gasteiger partial charge in [0.25, 0.3) is 0 Å². The minimum absolute atomic E-state index is 0.217. The van der Waals surface area contributed by atoms with E-state index in [-0.39, 0.29) is 5.97 Å². The summed E-state index contributed by atoms with van der Waals surface area (Å²) >= 11 is 1.47. The number of thiophene rings is 1. The minimum Gasteiger partial charge on any atom is -0.465 e. The van der Waals surface area contributed by atoms with Gasteiger partial charge in [-0.05, 0) is 29.9 Å². The maximum atomic E-state index is 11.7. The van der Waals surface area contributed by atoms with E-state index < -0.39 is 0 Å². The Kier molecular flexibility index (Phi) is 5.46. The van der Waals surface area contributed by atoms with Gasteiger partial charge in [-0.1, -0.05) is 0 Å². The first-order valence-electron chi connectivity index (χ1n) is 7.97. The van der Waals surface area contributed by atoms with E-state index in [0.717, 1.165) is 69.2 Å². The van der Waals surface area contributed by atoms with Crippen LogP contribution in [-0.2, 0) is 16.0 Å². The molecule has 2 saturated heterocycles. The van der Waals surface area contributed by atoms with Crippen LogP contribution in [0.5, 0.6) is 0 Å². The molecule has 1 aromatic rings. The second-order valence-corrected chi connectivity index (χ2v) is 6.84. The zero-order valence-corrected chi connectivity index (χ0v) is 13.9. The summed E-state index contributed by atoms with van der Waals surface area (Å²) in [5, 5.41) is 1.97. The van der Waals surface area contributed by atoms with Crippen LogP contribution in [0, 0.1) is 0 Å². The summed E-state index contributed by atoms with van der Waals surface area (Å²) in [6, 6.07) is 2.74. The first-order chi connectivity index (χ1) is 10.8. The highest BCUT2D eigenvalue weighted by atomic mass is 32.1. The van der Waals surface area contributed by atoms with E-state index in [9.17, 15) is 4.79 Å². The molecule has 0 aliphatic carbocycles. The van der Waals surface area contributed by atoms with E-state index >= 15 is 0 Å². The van der Waals surface area contributed by atoms with Gasteiger partial charge in [0.05, 0.1) is 7.11 Å². The lowest BCUT2D eigenvalue weighted by Gasteiger charge is -2.40. The summed E-state index contributed by atoms with van der Waals surface area (Å²) < 4.78 is 10.3. The number of hydrogen-bond acceptors (Lipinski definition) is 6. The SMILES string of the molecule is COC(=O)c1sccc1CN1CCN(C2CCOCC2)CC1. The molecular weight excluding hydrogens is 300 g/mol. The van der Waals surface area contributed by atoms with Gasteiger partial charge in [-0.3, -0.25) is 9.80 Å². The van der Waals surface area contributed by atoms with Crippen LogP contribution >= 0.6 is 11.3 Å². The van der Waals surface area contributed by atoms with Gasteiger partial charge in [0.15, 0.2) is 0 Å². The fourth-order valence-electron chi connectivity index (χ4n) is 3.31. The number of rotatable bonds is 4. The van der Waals surface area contributed by atoms with Gasteiger partial charge in [-0.25, -0.2) is 4.79 Å². The van der Waals surface area contributed by atoms with Crippen molar-refractivity contribution in [2.24, 2.45) is 0 Å². The molecule has 5 nitrogen and oxygen atoms in total. The molecule has 2 aliphatic rings. The van der Waals surface area contributed by atoms with Gasteiger partial charge in [0, 0.05) is 52.0 Å². The maximum absolute atomic E-state index is 11.7. The Bertz CT molecular complexity index is 491. The molecule has 0 amide bonds. The molecule has 122 valence electrons. The molecule has 0 N–H and O–H groups in total. The maximum Gasteiger partial charge on any atom is 0.348 e. The summed E-state index contributed by atoms with van der Waals surface area (Å²) in [6.07, 6.45) is 2.33. The van der Waals surface area contributed by atoms with Crippen LogP contribution in [0.4, 0.5) is 0 Å². The molecule has 6 heteroatoms. The number of piperazine rings is 1. The Labute approximate surface area is 135 Å². The predicted octanol–water partition coefficient (Wildman–Crippen LogP) is 1.83. The van der Waals surface area contributed by atoms with E-state index in [1.54, 1.807) is 0 Å². The average Bonchev–Trinajstić information content (AvgIpc) is 3.04. The molecule has 3 rings (SSSR count). The molecule has 0 unspecified atom stereocenters. The third-order valence-electron chi connectivity index (χ3n) is 4.63. The first kappa shape index (κ1) is 15.9. The van der Waals surface area contributed by atoms with Crippen molar-refractivity contribution in [1.82, 2.24) is 9.80 Å². The molecule has 0 saturated carbocycles. The smallest absolute Gasteiger partial charge is 0.348 e. The zero-order chi connectivity index (χ0) is 15.4. The fraction of sp³-hybridized carbons (Fsp3) is 0.688. The molecule has 2 fully saturated rings. The van der Waals surface area contributed by atoms with Crippen LogP contribution in [0.25, 0.3) is 0 Å². The van der Waals surface area contributed by atoms with Crippen molar-refractivity contribution >= 4 is 17.3 Å². The lowest BCUT2D eigenvalue weighted by molar-refractivity contribution is 0.0126. The summed E-state index contributed by atoms with van der Waals surface area (Å²) in [5.74, 6) is -0.217. The average molecular weight is 324 g/mol. The Hall–Kier alpha value is -0.950. The molecule has 2 aliphatic heterocycles. The molecule has 0 aromatic carbocycles. The first-order valence-corrected chi connectivity index (χ1v) is 8.84. The molecule has 22 heavy (non-hydrogen) atoms. The van der Waals surface area contributed by atoms with Gasteiger partial charge in [-0.2, -0.15) is 0 Å². The van der Waals surface area contributed by atoms with E-state index in [1.165, 1.54) is 18.4 Å². The van der Waals surface area contributed by atoms with Crippen molar-refractivity contribution in [3.8, 4) is 0 Å². The van der Waals surface area contributed by atoms with Gasteiger partial charge >= 0.3 is 5.97 Å². The standard InChI is InChI=1S/C16H24N2O3S/c1-20-16(19)15-13(4-11-22-15)12-17-5-7-18(8-6-17)14-2-9-21-10-3-14/h4,11,14H,2-3,5-10,12H2,1H3. The Morgan fingerprint density at radius 2 is 2.05 bits per heavy atom. The second kappa shape index (κ2) is 7.55. The normalized spacial score (nSPS) is 21.9. The Morgan fingerprint density at radius 1 is 1.32 bits per heavy atom. The number of methoxy groups -OCH3 is 1. The minimum atomic E-state index is -0.217. The van der Waals surface area contributed by atoms with Crippen molar-refractivity contribution < 1.29 is 14.3 Å². The molecule has 0 atom stereocenters. The van der Waals surface area contributed by atoms with Crippen molar-refractivity contribution in [2.45, 2.75) is 25.4 Å². The molecule has 0 bridgehead atoms. The van der Waals surface area contributed by atoms with E-state index in [0.29, 0.717) is 6.04 Å². The van der Waals surface area contributed by atoms with Crippen LogP contribution in [0.1, 0.15) is 28.1 Å². The monoisotopic (exact) mass is 324 g/mol. The van der Waals surface area contributed by atoms with E-state index in [2.05, 4.69) is 9.80 Å². The molecule has 0 spiro atoms. The number of esters is 1. The lowest BCUT2D eigenvalue weighted by Crippen LogP contribution is -2.51. The van der Waals surface area contributed by atoms with Crippen molar-refractivity contribution in [3.05, 3.63) is 21.9 Å². The lowest BCUT2D eigenvalue weighted by atomic mass is 10.1. The highest BCUT2D eigenvalue weighted by Gasteiger charge is 2.26. The predicted molar refractivity (Wildman–Crippen MR) is 86.3 cm³/mol. The van der Waals surface area contributed by atoms with Gasteiger partial charge in [-0.15, -0.1) is 11.3 Å². The number of ether oxygens (including phenoxy) is 2. The summed E-state index contributed by atoms with van der Waals surface area (Å²) in [6.45, 7) is 7.01. The highest BCUT2D eigenvalue weighted by Crippen LogP contribution is 2.21. The number of carbonyl (C=O) groups is 1. The summed E-state index contributed by atoms with van der Waals surface area (Å²) in [4.78, 5) is 17.5. The molecular formula is C16H24N2O3S. The van der Waals surface area contributed by atoms with Crippen molar-refractivity contribution in [3.63, 3.8) is 0 Å². The quantitative estimate of drug-likeness (QED) is 0.791. The van der Waals surface area contributed by atoms with Crippen LogP contribution in [0.2, 0.25) is 0 Å². The highest BCUT2D eigenvalue weighted by molar-refractivity contribution is 7.12. The van der Waals surface area contributed by atoms with Crippen LogP contribution in [0.3, 0.4) is 0 Å². The third-order valence-corrected chi connectivity index (χ3v) is 5.56. The molecule has 3 heterocycles. The second-order valence-electron chi connectivity index (χ2n) is 5.92. The Morgan fingerprint density at radius 3 is 2.73 bits per heavy atom. The molecule has 0 radical (unpaired) electrons. The van der Waals surface area contributed by atoms with Gasteiger partial charge in [0.2, 0.25) is 0 Å². The molecule has 1 aromatic heterocycles. The van der Waals surface area contributed by atoms with Gasteiger partial charge in [0.1, 0.15) is 4.88 Å². The Balaban J connectivity index is 1.51. The van der Waals surface area contributed by atoms with Crippen molar-refractivity contribution in [2.75, 3.05) is 46.5 Å². The van der Waals surface area contributed by atoms with Crippen LogP contribution < -0.4 is 0 Å². The third kappa shape index (κ3) is 3.68. The summed E-state index contributed by atoms with van der Waals surface area (Å²) in [7, 11) is 1.44. The summed E-state index contributed by atoms with van der Waals surface area (Å²) in [5.41, 5.74) is 1.09. The topological polar surface area (TPSA) is 42.0 Å². The van der Waals surface area contributed by atoms with E-state index in [1.807, 2.05) is 11.4 Å². The largest absolute Gasteiger partial charge is 0.465 e. The number of nitrogens with zero attached hydrogens (tertiary/aromatic N) is 2.